The molecule has 7 heteroatoms. The summed E-state index contributed by atoms with van der Waals surface area (Å²) in [6, 6.07) is 16.8. The van der Waals surface area contributed by atoms with Gasteiger partial charge in [0.05, 0.1) is 11.8 Å². The molecule has 0 saturated heterocycles. The molecule has 2 heterocycles. The van der Waals surface area contributed by atoms with Crippen LogP contribution in [0.3, 0.4) is 0 Å². The van der Waals surface area contributed by atoms with Gasteiger partial charge in [0.25, 0.3) is 5.91 Å². The largest absolute Gasteiger partial charge is 0.461 e. The molecule has 0 radical (unpaired) electrons. The molecule has 0 fully saturated rings. The minimum Gasteiger partial charge on any atom is -0.461 e. The Morgan fingerprint density at radius 2 is 1.89 bits per heavy atom. The molecule has 0 aliphatic heterocycles. The van der Waals surface area contributed by atoms with E-state index in [2.05, 4.69) is 20.6 Å². The predicted octanol–water partition coefficient (Wildman–Crippen LogP) is 3.87. The maximum Gasteiger partial charge on any atom is 0.251 e. The van der Waals surface area contributed by atoms with Crippen LogP contribution in [-0.2, 0) is 0 Å². The molecule has 2 N–H and O–H groups in total. The minimum atomic E-state index is -0.441. The van der Waals surface area contributed by atoms with Gasteiger partial charge in [-0.1, -0.05) is 18.2 Å². The van der Waals surface area contributed by atoms with Gasteiger partial charge in [-0.25, -0.2) is 14.4 Å². The molecule has 4 aromatic rings. The van der Waals surface area contributed by atoms with Gasteiger partial charge >= 0.3 is 0 Å². The van der Waals surface area contributed by atoms with E-state index in [0.717, 1.165) is 10.9 Å². The van der Waals surface area contributed by atoms with Crippen molar-refractivity contribution in [1.29, 1.82) is 0 Å². The number of nitrogens with one attached hydrogen (secondary N) is 2. The van der Waals surface area contributed by atoms with Gasteiger partial charge in [0.2, 0.25) is 0 Å². The summed E-state index contributed by atoms with van der Waals surface area (Å²) in [5, 5.41) is 6.85. The van der Waals surface area contributed by atoms with Crippen molar-refractivity contribution < 1.29 is 13.6 Å². The fraction of sp³-hybridized carbons (Fsp3) is 0.0952. The highest BCUT2D eigenvalue weighted by Gasteiger charge is 2.11. The van der Waals surface area contributed by atoms with Crippen molar-refractivity contribution in [3.8, 4) is 11.6 Å². The molecule has 0 bridgehead atoms. The van der Waals surface area contributed by atoms with Crippen LogP contribution in [0.1, 0.15) is 10.4 Å². The van der Waals surface area contributed by atoms with E-state index in [4.69, 9.17) is 4.42 Å². The number of carbonyl (C=O) groups is 1. The number of aromatic nitrogens is 2. The molecule has 0 aliphatic rings. The second kappa shape index (κ2) is 7.87. The molecular weight excluding hydrogens is 359 g/mol. The number of rotatable bonds is 6. The fourth-order valence-electron chi connectivity index (χ4n) is 2.82. The lowest BCUT2D eigenvalue weighted by Crippen LogP contribution is -2.29. The van der Waals surface area contributed by atoms with Gasteiger partial charge in [-0.15, -0.1) is 0 Å². The maximum absolute atomic E-state index is 13.2. The molecule has 0 saturated carbocycles. The van der Waals surface area contributed by atoms with E-state index in [0.29, 0.717) is 30.5 Å². The molecule has 6 nitrogen and oxygen atoms in total. The molecule has 0 spiro atoms. The molecular formula is C21H17FN4O2. The standard InChI is InChI=1S/C21H17FN4O2/c22-15-6-3-5-14(13-15)21(27)24-11-10-23-19-16-7-1-2-8-17(16)25-20(26-19)18-9-4-12-28-18/h1-9,12-13H,10-11H2,(H,24,27)(H,23,25,26). The Labute approximate surface area is 160 Å². The number of benzene rings is 2. The van der Waals surface area contributed by atoms with Crippen molar-refractivity contribution in [2.24, 2.45) is 0 Å². The monoisotopic (exact) mass is 376 g/mol. The molecule has 4 rings (SSSR count). The second-order valence-electron chi connectivity index (χ2n) is 6.08. The molecule has 0 unspecified atom stereocenters. The number of hydrogen-bond acceptors (Lipinski definition) is 5. The lowest BCUT2D eigenvalue weighted by Gasteiger charge is -2.11. The quantitative estimate of drug-likeness (QED) is 0.500. The smallest absolute Gasteiger partial charge is 0.251 e. The van der Waals surface area contributed by atoms with Crippen LogP contribution in [0.4, 0.5) is 10.2 Å². The molecule has 140 valence electrons. The lowest BCUT2D eigenvalue weighted by molar-refractivity contribution is 0.0954. The summed E-state index contributed by atoms with van der Waals surface area (Å²) in [6.45, 7) is 0.795. The normalized spacial score (nSPS) is 10.8. The number of nitrogens with zero attached hydrogens (tertiary/aromatic N) is 2. The highest BCUT2D eigenvalue weighted by molar-refractivity contribution is 5.94. The molecule has 1 amide bonds. The van der Waals surface area contributed by atoms with Crippen LogP contribution in [-0.4, -0.2) is 29.0 Å². The first-order valence-corrected chi connectivity index (χ1v) is 8.79. The van der Waals surface area contributed by atoms with Crippen molar-refractivity contribution in [2.75, 3.05) is 18.4 Å². The Bertz CT molecular complexity index is 1110. The second-order valence-corrected chi connectivity index (χ2v) is 6.08. The SMILES string of the molecule is O=C(NCCNc1nc(-c2ccco2)nc2ccccc12)c1cccc(F)c1. The average Bonchev–Trinajstić information content (AvgIpc) is 3.25. The van der Waals surface area contributed by atoms with Gasteiger partial charge in [0, 0.05) is 24.0 Å². The topological polar surface area (TPSA) is 80.0 Å². The number of para-hydroxylation sites is 1. The van der Waals surface area contributed by atoms with Crippen molar-refractivity contribution in [3.05, 3.63) is 78.3 Å². The van der Waals surface area contributed by atoms with Crippen LogP contribution >= 0.6 is 0 Å². The summed E-state index contributed by atoms with van der Waals surface area (Å²) in [5.74, 6) is 0.939. The number of halogens is 1. The van der Waals surface area contributed by atoms with E-state index in [1.165, 1.54) is 18.2 Å². The van der Waals surface area contributed by atoms with Crippen molar-refractivity contribution in [3.63, 3.8) is 0 Å². The Balaban J connectivity index is 1.46. The summed E-state index contributed by atoms with van der Waals surface area (Å²) < 4.78 is 18.6. The summed E-state index contributed by atoms with van der Waals surface area (Å²) >= 11 is 0. The van der Waals surface area contributed by atoms with Crippen LogP contribution in [0, 0.1) is 5.82 Å². The molecule has 0 atom stereocenters. The van der Waals surface area contributed by atoms with Crippen LogP contribution in [0.5, 0.6) is 0 Å². The summed E-state index contributed by atoms with van der Waals surface area (Å²) in [6.07, 6.45) is 1.57. The third-order valence-corrected chi connectivity index (χ3v) is 4.13. The van der Waals surface area contributed by atoms with Crippen LogP contribution < -0.4 is 10.6 Å². The van der Waals surface area contributed by atoms with Gasteiger partial charge in [0.1, 0.15) is 11.6 Å². The van der Waals surface area contributed by atoms with Crippen LogP contribution in [0.15, 0.2) is 71.3 Å². The molecule has 0 aliphatic carbocycles. The van der Waals surface area contributed by atoms with Crippen molar-refractivity contribution >= 4 is 22.6 Å². The van der Waals surface area contributed by atoms with Crippen molar-refractivity contribution in [2.45, 2.75) is 0 Å². The number of anilines is 1. The van der Waals surface area contributed by atoms with Crippen LogP contribution in [0.25, 0.3) is 22.5 Å². The maximum atomic E-state index is 13.2. The van der Waals surface area contributed by atoms with Gasteiger partial charge in [-0.2, -0.15) is 0 Å². The summed E-state index contributed by atoms with van der Waals surface area (Å²) in [7, 11) is 0. The zero-order chi connectivity index (χ0) is 19.3. The van der Waals surface area contributed by atoms with Gasteiger partial charge in [-0.05, 0) is 42.5 Å². The first-order chi connectivity index (χ1) is 13.7. The zero-order valence-corrected chi connectivity index (χ0v) is 14.9. The number of amides is 1. The highest BCUT2D eigenvalue weighted by atomic mass is 19.1. The molecule has 2 aromatic heterocycles. The third-order valence-electron chi connectivity index (χ3n) is 4.13. The minimum absolute atomic E-state index is 0.285. The average molecular weight is 376 g/mol. The van der Waals surface area contributed by atoms with Crippen molar-refractivity contribution in [1.82, 2.24) is 15.3 Å². The fourth-order valence-corrected chi connectivity index (χ4v) is 2.82. The van der Waals surface area contributed by atoms with E-state index in [9.17, 15) is 9.18 Å². The summed E-state index contributed by atoms with van der Waals surface area (Å²) in [4.78, 5) is 21.2. The first-order valence-electron chi connectivity index (χ1n) is 8.79. The van der Waals surface area contributed by atoms with E-state index < -0.39 is 5.82 Å². The highest BCUT2D eigenvalue weighted by Crippen LogP contribution is 2.24. The third kappa shape index (κ3) is 3.83. The van der Waals surface area contributed by atoms with Gasteiger partial charge in [0.15, 0.2) is 11.6 Å². The number of fused-ring (bicyclic) bond motifs is 1. The number of hydrogen-bond donors (Lipinski definition) is 2. The summed E-state index contributed by atoms with van der Waals surface area (Å²) in [5.41, 5.74) is 1.07. The van der Waals surface area contributed by atoms with Gasteiger partial charge in [-0.3, -0.25) is 4.79 Å². The lowest BCUT2D eigenvalue weighted by atomic mass is 10.2. The van der Waals surface area contributed by atoms with E-state index in [1.54, 1.807) is 24.5 Å². The molecule has 2 aromatic carbocycles. The van der Waals surface area contributed by atoms with Gasteiger partial charge < -0.3 is 15.1 Å². The van der Waals surface area contributed by atoms with E-state index >= 15 is 0 Å². The molecule has 28 heavy (non-hydrogen) atoms. The van der Waals surface area contributed by atoms with E-state index in [-0.39, 0.29) is 11.5 Å². The Kier molecular flexibility index (Phi) is 4.97. The first kappa shape index (κ1) is 17.7. The number of furan rings is 1. The Hall–Kier alpha value is -3.74. The van der Waals surface area contributed by atoms with E-state index in [1.807, 2.05) is 24.3 Å². The predicted molar refractivity (Wildman–Crippen MR) is 104 cm³/mol. The van der Waals surface area contributed by atoms with Crippen LogP contribution in [0.2, 0.25) is 0 Å². The zero-order valence-electron chi connectivity index (χ0n) is 14.9. The number of carbonyl (C=O) groups excluding carboxylic acids is 1. The Morgan fingerprint density at radius 3 is 2.71 bits per heavy atom. The Morgan fingerprint density at radius 1 is 1.00 bits per heavy atom.